The van der Waals surface area contributed by atoms with Crippen molar-refractivity contribution in [3.05, 3.63) is 35.4 Å². The number of fused-ring (bicyclic) bond motifs is 1. The van der Waals surface area contributed by atoms with Crippen molar-refractivity contribution in [2.45, 2.75) is 58.2 Å². The maximum atomic E-state index is 12.5. The van der Waals surface area contributed by atoms with Gasteiger partial charge in [-0.05, 0) is 37.3 Å². The minimum Gasteiger partial charge on any atom is -0.357 e. The summed E-state index contributed by atoms with van der Waals surface area (Å²) in [6, 6.07) is 8.43. The molecule has 0 atom stereocenters. The van der Waals surface area contributed by atoms with E-state index in [-0.39, 0.29) is 42.5 Å². The Hall–Kier alpha value is -1.49. The van der Waals surface area contributed by atoms with Gasteiger partial charge in [-0.1, -0.05) is 24.3 Å². The van der Waals surface area contributed by atoms with Crippen LogP contribution in [0.25, 0.3) is 0 Å². The molecule has 31 heavy (non-hydrogen) atoms. The van der Waals surface area contributed by atoms with Crippen LogP contribution in [-0.4, -0.2) is 66.9 Å². The molecule has 3 rings (SSSR count). The fourth-order valence-corrected chi connectivity index (χ4v) is 4.06. The molecule has 1 saturated heterocycles. The number of carbonyl (C=O) groups is 1. The van der Waals surface area contributed by atoms with Gasteiger partial charge in [-0.15, -0.1) is 24.0 Å². The first kappa shape index (κ1) is 25.8. The molecule has 1 amide bonds. The number of likely N-dealkylation sites (tertiary alicyclic amines) is 1. The second kappa shape index (κ2) is 13.1. The molecule has 9 heteroatoms. The minimum atomic E-state index is -2.27. The number of benzene rings is 1. The summed E-state index contributed by atoms with van der Waals surface area (Å²) >= 11 is 0. The summed E-state index contributed by atoms with van der Waals surface area (Å²) in [6.45, 7) is 5.95. The number of rotatable bonds is 8. The first-order chi connectivity index (χ1) is 14.5. The van der Waals surface area contributed by atoms with Crippen LogP contribution in [-0.2, 0) is 17.9 Å². The number of nitrogens with one attached hydrogen (secondary N) is 2. The van der Waals surface area contributed by atoms with Crippen LogP contribution in [0.15, 0.2) is 29.3 Å². The molecule has 0 aromatic heterocycles. The molecule has 1 fully saturated rings. The van der Waals surface area contributed by atoms with E-state index in [0.717, 1.165) is 25.3 Å². The zero-order valence-corrected chi connectivity index (χ0v) is 20.5. The summed E-state index contributed by atoms with van der Waals surface area (Å²) in [5, 5.41) is 6.65. The molecular formula is C22H34F2IN5O. The van der Waals surface area contributed by atoms with E-state index in [1.807, 2.05) is 28.9 Å². The third-order valence-corrected chi connectivity index (χ3v) is 5.68. The molecule has 1 aromatic rings. The quantitative estimate of drug-likeness (QED) is 0.227. The molecule has 0 radical (unpaired) electrons. The Bertz CT molecular complexity index is 701. The van der Waals surface area contributed by atoms with Gasteiger partial charge in [-0.3, -0.25) is 14.7 Å². The summed E-state index contributed by atoms with van der Waals surface area (Å²) < 4.78 is 25.0. The number of amides is 1. The van der Waals surface area contributed by atoms with Gasteiger partial charge in [0.25, 0.3) is 6.43 Å². The van der Waals surface area contributed by atoms with Gasteiger partial charge in [-0.25, -0.2) is 8.78 Å². The van der Waals surface area contributed by atoms with Crippen molar-refractivity contribution in [2.24, 2.45) is 4.99 Å². The van der Waals surface area contributed by atoms with Gasteiger partial charge >= 0.3 is 0 Å². The maximum Gasteiger partial charge on any atom is 0.251 e. The standard InChI is InChI=1S/C22H33F2N5O.HI/c1-2-25-22(27-19-9-12-28(13-10-19)16-20(23)24)26-11-5-8-21(30)29-14-17-6-3-4-7-18(17)15-29;/h3-4,6-7,19-20H,2,5,8-16H2,1H3,(H2,25,26,27);1H. The average Bonchev–Trinajstić information content (AvgIpc) is 3.16. The second-order valence-electron chi connectivity index (χ2n) is 7.99. The van der Waals surface area contributed by atoms with Crippen LogP contribution >= 0.6 is 24.0 Å². The Labute approximate surface area is 200 Å². The molecule has 1 aromatic carbocycles. The monoisotopic (exact) mass is 549 g/mol. The highest BCUT2D eigenvalue weighted by Crippen LogP contribution is 2.22. The van der Waals surface area contributed by atoms with E-state index < -0.39 is 6.43 Å². The highest BCUT2D eigenvalue weighted by Gasteiger charge is 2.23. The van der Waals surface area contributed by atoms with Crippen LogP contribution in [0.5, 0.6) is 0 Å². The Morgan fingerprint density at radius 3 is 2.42 bits per heavy atom. The fourth-order valence-electron chi connectivity index (χ4n) is 4.06. The summed E-state index contributed by atoms with van der Waals surface area (Å²) in [4.78, 5) is 20.8. The number of alkyl halides is 2. The number of aliphatic imine (C=N–C) groups is 1. The summed E-state index contributed by atoms with van der Waals surface area (Å²) in [7, 11) is 0. The molecule has 2 aliphatic rings. The van der Waals surface area contributed by atoms with Crippen LogP contribution in [0.3, 0.4) is 0 Å². The Balaban J connectivity index is 0.00000341. The normalized spacial score (nSPS) is 17.4. The molecular weight excluding hydrogens is 515 g/mol. The maximum absolute atomic E-state index is 12.5. The predicted molar refractivity (Wildman–Crippen MR) is 130 cm³/mol. The zero-order chi connectivity index (χ0) is 21.3. The zero-order valence-electron chi connectivity index (χ0n) is 18.2. The third-order valence-electron chi connectivity index (χ3n) is 5.68. The van der Waals surface area contributed by atoms with Crippen molar-refractivity contribution >= 4 is 35.8 Å². The van der Waals surface area contributed by atoms with Crippen LogP contribution in [0, 0.1) is 0 Å². The lowest BCUT2D eigenvalue weighted by molar-refractivity contribution is -0.131. The second-order valence-corrected chi connectivity index (χ2v) is 7.99. The molecule has 0 unspecified atom stereocenters. The van der Waals surface area contributed by atoms with Gasteiger partial charge in [0.15, 0.2) is 5.96 Å². The van der Waals surface area contributed by atoms with Crippen molar-refractivity contribution in [2.75, 3.05) is 32.7 Å². The Kier molecular flexibility index (Phi) is 10.9. The largest absolute Gasteiger partial charge is 0.357 e. The van der Waals surface area contributed by atoms with Gasteiger partial charge in [0.1, 0.15) is 0 Å². The van der Waals surface area contributed by atoms with Crippen LogP contribution in [0.4, 0.5) is 8.78 Å². The average molecular weight is 549 g/mol. The molecule has 2 heterocycles. The van der Waals surface area contributed by atoms with Gasteiger partial charge in [0, 0.05) is 51.7 Å². The minimum absolute atomic E-state index is 0. The van der Waals surface area contributed by atoms with Crippen molar-refractivity contribution in [3.63, 3.8) is 0 Å². The lowest BCUT2D eigenvalue weighted by atomic mass is 10.1. The van der Waals surface area contributed by atoms with Crippen molar-refractivity contribution in [1.29, 1.82) is 0 Å². The molecule has 0 aliphatic carbocycles. The van der Waals surface area contributed by atoms with E-state index in [0.29, 0.717) is 45.6 Å². The van der Waals surface area contributed by atoms with E-state index in [1.165, 1.54) is 11.1 Å². The van der Waals surface area contributed by atoms with Gasteiger partial charge in [0.2, 0.25) is 5.91 Å². The lowest BCUT2D eigenvalue weighted by Crippen LogP contribution is -2.49. The number of carbonyl (C=O) groups excluding carboxylic acids is 1. The molecule has 0 bridgehead atoms. The van der Waals surface area contributed by atoms with E-state index in [2.05, 4.69) is 27.8 Å². The molecule has 174 valence electrons. The molecule has 6 nitrogen and oxygen atoms in total. The highest BCUT2D eigenvalue weighted by atomic mass is 127. The Morgan fingerprint density at radius 1 is 1.19 bits per heavy atom. The first-order valence-electron chi connectivity index (χ1n) is 10.9. The third kappa shape index (κ3) is 8.17. The predicted octanol–water partition coefficient (Wildman–Crippen LogP) is 3.21. The summed E-state index contributed by atoms with van der Waals surface area (Å²) in [6.07, 6.45) is 0.569. The highest BCUT2D eigenvalue weighted by molar-refractivity contribution is 14.0. The number of guanidine groups is 1. The van der Waals surface area contributed by atoms with Crippen molar-refractivity contribution in [3.8, 4) is 0 Å². The van der Waals surface area contributed by atoms with Crippen LogP contribution < -0.4 is 10.6 Å². The number of hydrogen-bond acceptors (Lipinski definition) is 3. The number of piperidine rings is 1. The molecule has 0 saturated carbocycles. The topological polar surface area (TPSA) is 60.0 Å². The van der Waals surface area contributed by atoms with Gasteiger partial charge in [0.05, 0.1) is 6.54 Å². The molecule has 2 N–H and O–H groups in total. The van der Waals surface area contributed by atoms with Gasteiger partial charge < -0.3 is 15.5 Å². The van der Waals surface area contributed by atoms with Gasteiger partial charge in [-0.2, -0.15) is 0 Å². The Morgan fingerprint density at radius 2 is 1.84 bits per heavy atom. The molecule has 0 spiro atoms. The van der Waals surface area contributed by atoms with Crippen LogP contribution in [0.2, 0.25) is 0 Å². The number of hydrogen-bond donors (Lipinski definition) is 2. The number of nitrogens with zero attached hydrogens (tertiary/aromatic N) is 3. The molecule has 2 aliphatic heterocycles. The first-order valence-corrected chi connectivity index (χ1v) is 10.9. The van der Waals surface area contributed by atoms with E-state index in [1.54, 1.807) is 0 Å². The van der Waals surface area contributed by atoms with E-state index in [9.17, 15) is 13.6 Å². The lowest BCUT2D eigenvalue weighted by Gasteiger charge is -2.32. The summed E-state index contributed by atoms with van der Waals surface area (Å²) in [5.74, 6) is 0.914. The SMILES string of the molecule is CCNC(=NCCCC(=O)N1Cc2ccccc2C1)NC1CCN(CC(F)F)CC1.I. The van der Waals surface area contributed by atoms with E-state index >= 15 is 0 Å². The number of halogens is 3. The van der Waals surface area contributed by atoms with E-state index in [4.69, 9.17) is 0 Å². The van der Waals surface area contributed by atoms with Crippen molar-refractivity contribution in [1.82, 2.24) is 20.4 Å². The van der Waals surface area contributed by atoms with Crippen LogP contribution in [0.1, 0.15) is 43.7 Å². The smallest absolute Gasteiger partial charge is 0.251 e. The van der Waals surface area contributed by atoms with Crippen molar-refractivity contribution < 1.29 is 13.6 Å². The fraction of sp³-hybridized carbons (Fsp3) is 0.636. The summed E-state index contributed by atoms with van der Waals surface area (Å²) in [5.41, 5.74) is 2.48.